The second kappa shape index (κ2) is 12.5. The van der Waals surface area contributed by atoms with Crippen molar-refractivity contribution >= 4 is 62.2 Å². The minimum Gasteiger partial charge on any atom is -0.404 e. The molecule has 1 aliphatic carbocycles. The summed E-state index contributed by atoms with van der Waals surface area (Å²) in [4.78, 5) is 2.28. The zero-order valence-corrected chi connectivity index (χ0v) is 29.1. The lowest BCUT2D eigenvalue weighted by Gasteiger charge is -2.26. The molecule has 6 aromatic carbocycles. The van der Waals surface area contributed by atoms with E-state index in [1.54, 1.807) is 6.20 Å². The summed E-state index contributed by atoms with van der Waals surface area (Å²) in [5, 5.41) is 4.73. The van der Waals surface area contributed by atoms with E-state index in [1.165, 1.54) is 27.4 Å². The Morgan fingerprint density at radius 1 is 0.692 bits per heavy atom. The molecule has 9 rings (SSSR count). The van der Waals surface area contributed by atoms with Gasteiger partial charge in [-0.2, -0.15) is 0 Å². The topological polar surface area (TPSA) is 60.2 Å². The number of allylic oxidation sites excluding steroid dienone is 5. The number of nitrogens with zero attached hydrogens (tertiary/aromatic N) is 2. The molecule has 0 radical (unpaired) electrons. The molecular weight excluding hydrogens is 633 g/mol. The monoisotopic (exact) mass is 670 g/mol. The Balaban J connectivity index is 1.17. The first-order valence-electron chi connectivity index (χ1n) is 17.7. The van der Waals surface area contributed by atoms with Crippen LogP contribution in [0.15, 0.2) is 164 Å². The molecule has 4 nitrogen and oxygen atoms in total. The second-order valence-corrected chi connectivity index (χ2v) is 13.4. The Labute approximate surface area is 303 Å². The molecule has 52 heavy (non-hydrogen) atoms. The van der Waals surface area contributed by atoms with Gasteiger partial charge in [0.1, 0.15) is 0 Å². The molecule has 4 N–H and O–H groups in total. The van der Waals surface area contributed by atoms with Crippen LogP contribution in [0.1, 0.15) is 29.2 Å². The van der Waals surface area contributed by atoms with Crippen molar-refractivity contribution in [2.45, 2.75) is 13.5 Å². The summed E-state index contributed by atoms with van der Waals surface area (Å²) < 4.78 is 2.42. The fraction of sp³-hybridized carbons (Fsp3) is 0.0417. The van der Waals surface area contributed by atoms with Crippen molar-refractivity contribution in [3.05, 3.63) is 197 Å². The van der Waals surface area contributed by atoms with Crippen LogP contribution in [0, 0.1) is 0 Å². The highest BCUT2D eigenvalue weighted by Crippen LogP contribution is 2.43. The molecule has 250 valence electrons. The third-order valence-corrected chi connectivity index (χ3v) is 10.5. The van der Waals surface area contributed by atoms with Crippen molar-refractivity contribution in [2.75, 3.05) is 4.90 Å². The van der Waals surface area contributed by atoms with Gasteiger partial charge in [0.15, 0.2) is 0 Å². The van der Waals surface area contributed by atoms with Gasteiger partial charge in [-0.3, -0.25) is 0 Å². The van der Waals surface area contributed by atoms with Crippen molar-refractivity contribution in [3.63, 3.8) is 0 Å². The molecule has 0 saturated carbocycles. The van der Waals surface area contributed by atoms with Crippen LogP contribution in [0.25, 0.3) is 61.9 Å². The van der Waals surface area contributed by atoms with Gasteiger partial charge in [-0.15, -0.1) is 0 Å². The summed E-state index contributed by atoms with van der Waals surface area (Å²) in [5.74, 6) is 0. The van der Waals surface area contributed by atoms with Crippen molar-refractivity contribution in [1.29, 1.82) is 0 Å². The van der Waals surface area contributed by atoms with Gasteiger partial charge in [-0.1, -0.05) is 110 Å². The maximum atomic E-state index is 6.65. The maximum absolute atomic E-state index is 6.65. The van der Waals surface area contributed by atoms with Crippen molar-refractivity contribution in [3.8, 4) is 11.1 Å². The Morgan fingerprint density at radius 3 is 2.25 bits per heavy atom. The molecule has 0 unspecified atom stereocenters. The first-order valence-corrected chi connectivity index (χ1v) is 17.7. The third-order valence-electron chi connectivity index (χ3n) is 10.5. The molecule has 1 aromatic heterocycles. The summed E-state index contributed by atoms with van der Waals surface area (Å²) >= 11 is 0. The van der Waals surface area contributed by atoms with Crippen LogP contribution < -0.4 is 26.8 Å². The minimum absolute atomic E-state index is 0.683. The summed E-state index contributed by atoms with van der Waals surface area (Å²) in [5.41, 5.74) is 27.8. The minimum atomic E-state index is 0.683. The fourth-order valence-electron chi connectivity index (χ4n) is 8.01. The zero-order chi connectivity index (χ0) is 35.3. The number of benzene rings is 6. The quantitative estimate of drug-likeness (QED) is 0.192. The molecule has 4 heteroatoms. The second-order valence-electron chi connectivity index (χ2n) is 13.4. The van der Waals surface area contributed by atoms with Crippen LogP contribution in [0.3, 0.4) is 0 Å². The number of nitrogens with two attached hydrogens (primary N) is 2. The SMILES string of the molecule is C=C1/C=c2/cccc/c2=C/N(c2ccccc2)c2ccc(-c3ccc4c(c3)c3ccccc3n4Cc3cccc4c3/C(=C\N)C(N)=C4/C=C\C)cc21. The molecule has 1 aliphatic heterocycles. The Morgan fingerprint density at radius 2 is 1.42 bits per heavy atom. The molecule has 7 aromatic rings. The average molecular weight is 671 g/mol. The molecule has 0 saturated heterocycles. The molecule has 2 heterocycles. The first-order chi connectivity index (χ1) is 25.5. The molecule has 0 atom stereocenters. The smallest absolute Gasteiger partial charge is 0.0534 e. The lowest BCUT2D eigenvalue weighted by atomic mass is 9.95. The molecular formula is C48H38N4. The van der Waals surface area contributed by atoms with E-state index < -0.39 is 0 Å². The van der Waals surface area contributed by atoms with Gasteiger partial charge in [0, 0.05) is 68.8 Å². The van der Waals surface area contributed by atoms with E-state index in [1.807, 2.05) is 13.0 Å². The normalized spacial score (nSPS) is 16.0. The van der Waals surface area contributed by atoms with E-state index >= 15 is 0 Å². The predicted octanol–water partition coefficient (Wildman–Crippen LogP) is 9.45. The number of anilines is 2. The molecule has 2 aliphatic rings. The lowest BCUT2D eigenvalue weighted by molar-refractivity contribution is 0.866. The number of hydrogen-bond donors (Lipinski definition) is 2. The van der Waals surface area contributed by atoms with Gasteiger partial charge in [0.05, 0.1) is 5.69 Å². The summed E-state index contributed by atoms with van der Waals surface area (Å²) in [6, 6.07) is 47.8. The van der Waals surface area contributed by atoms with Crippen LogP contribution in [0.2, 0.25) is 0 Å². The van der Waals surface area contributed by atoms with Gasteiger partial charge in [0.2, 0.25) is 0 Å². The van der Waals surface area contributed by atoms with E-state index in [2.05, 4.69) is 168 Å². The first kappa shape index (κ1) is 31.2. The van der Waals surface area contributed by atoms with Crippen molar-refractivity contribution in [1.82, 2.24) is 4.57 Å². The van der Waals surface area contributed by atoms with Crippen LogP contribution in [0.4, 0.5) is 11.4 Å². The highest BCUT2D eigenvalue weighted by atomic mass is 15.1. The Hall–Kier alpha value is -6.78. The zero-order valence-electron chi connectivity index (χ0n) is 29.1. The largest absolute Gasteiger partial charge is 0.404 e. The van der Waals surface area contributed by atoms with E-state index in [4.69, 9.17) is 11.5 Å². The number of rotatable bonds is 5. The van der Waals surface area contributed by atoms with Crippen molar-refractivity contribution < 1.29 is 0 Å². The maximum Gasteiger partial charge on any atom is 0.0534 e. The van der Waals surface area contributed by atoms with Gasteiger partial charge >= 0.3 is 0 Å². The summed E-state index contributed by atoms with van der Waals surface area (Å²) in [6.45, 7) is 7.28. The Bertz CT molecular complexity index is 2810. The number of aromatic nitrogens is 1. The molecule has 0 bridgehead atoms. The highest BCUT2D eigenvalue weighted by Gasteiger charge is 2.26. The van der Waals surface area contributed by atoms with Crippen LogP contribution in [-0.2, 0) is 6.54 Å². The summed E-state index contributed by atoms with van der Waals surface area (Å²) in [6.07, 6.45) is 10.2. The van der Waals surface area contributed by atoms with E-state index in [0.29, 0.717) is 6.54 Å². The molecule has 0 fully saturated rings. The van der Waals surface area contributed by atoms with Gasteiger partial charge < -0.3 is 20.9 Å². The summed E-state index contributed by atoms with van der Waals surface area (Å²) in [7, 11) is 0. The van der Waals surface area contributed by atoms with Gasteiger partial charge in [0.25, 0.3) is 0 Å². The standard InChI is InChI=1S/C48H38N4/c1-3-12-40-39-19-11-15-36(47(39)43(28-49)48(40)50)30-52-44-20-10-9-18-38(44)42-27-34(22-24-46(42)52)33-21-23-45-41(26-33)31(2)25-32-13-7-8-14-35(32)29-51(45)37-16-5-4-6-17-37/h3-29H,2,30,49-50H2,1H3/b12-3-,32-25-,35-29-,43-28+. The number of fused-ring (bicyclic) bond motifs is 6. The van der Waals surface area contributed by atoms with Crippen LogP contribution in [0.5, 0.6) is 0 Å². The predicted molar refractivity (Wildman–Crippen MR) is 221 cm³/mol. The molecule has 0 amide bonds. The fourth-order valence-corrected chi connectivity index (χ4v) is 8.01. The van der Waals surface area contributed by atoms with Crippen LogP contribution >= 0.6 is 0 Å². The molecule has 0 spiro atoms. The van der Waals surface area contributed by atoms with Crippen molar-refractivity contribution in [2.24, 2.45) is 11.5 Å². The van der Waals surface area contributed by atoms with Gasteiger partial charge in [-0.05, 0) is 99.3 Å². The number of hydrogen-bond acceptors (Lipinski definition) is 3. The van der Waals surface area contributed by atoms with Gasteiger partial charge in [-0.25, -0.2) is 0 Å². The average Bonchev–Trinajstić information content (AvgIpc) is 3.64. The third kappa shape index (κ3) is 4.99. The highest BCUT2D eigenvalue weighted by molar-refractivity contribution is 6.10. The van der Waals surface area contributed by atoms with E-state index in [9.17, 15) is 0 Å². The lowest BCUT2D eigenvalue weighted by Crippen LogP contribution is -2.29. The van der Waals surface area contributed by atoms with Crippen LogP contribution in [-0.4, -0.2) is 4.57 Å². The van der Waals surface area contributed by atoms with E-state index in [0.717, 1.165) is 72.0 Å². The number of para-hydroxylation sites is 2. The Kier molecular flexibility index (Phi) is 7.52. The van der Waals surface area contributed by atoms with E-state index in [-0.39, 0.29) is 0 Å².